The fraction of sp³-hybridized carbons (Fsp3) is 0.294. The molecule has 0 unspecified atom stereocenters. The highest BCUT2D eigenvalue weighted by molar-refractivity contribution is 6.34. The molecule has 1 aromatic heterocycles. The first-order valence-corrected chi connectivity index (χ1v) is 8.27. The number of halogens is 1. The van der Waals surface area contributed by atoms with Crippen LogP contribution in [0, 0.1) is 10.1 Å². The molecule has 0 atom stereocenters. The number of nitrogens with zero attached hydrogens (tertiary/aromatic N) is 4. The maximum Gasteiger partial charge on any atom is 0.270 e. The highest BCUT2D eigenvalue weighted by Gasteiger charge is 2.24. The van der Waals surface area contributed by atoms with Crippen molar-refractivity contribution in [3.05, 3.63) is 69.0 Å². The molecule has 2 aromatic rings. The fourth-order valence-corrected chi connectivity index (χ4v) is 3.08. The maximum absolute atomic E-state index is 12.6. The van der Waals surface area contributed by atoms with Crippen molar-refractivity contribution in [2.45, 2.75) is 6.54 Å². The van der Waals surface area contributed by atoms with Gasteiger partial charge in [0.25, 0.3) is 11.6 Å². The summed E-state index contributed by atoms with van der Waals surface area (Å²) in [6.45, 7) is 3.49. The van der Waals surface area contributed by atoms with Crippen LogP contribution in [0.2, 0.25) is 5.02 Å². The molecule has 1 amide bonds. The predicted octanol–water partition coefficient (Wildman–Crippen LogP) is 2.60. The summed E-state index contributed by atoms with van der Waals surface area (Å²) in [6.07, 6.45) is 3.59. The molecule has 1 aromatic carbocycles. The molecule has 25 heavy (non-hydrogen) atoms. The van der Waals surface area contributed by atoms with Crippen LogP contribution in [0.25, 0.3) is 0 Å². The van der Waals surface area contributed by atoms with Gasteiger partial charge in [-0.15, -0.1) is 0 Å². The Morgan fingerprint density at radius 1 is 1.24 bits per heavy atom. The molecule has 1 saturated heterocycles. The Kier molecular flexibility index (Phi) is 5.25. The first kappa shape index (κ1) is 17.3. The van der Waals surface area contributed by atoms with Crippen molar-refractivity contribution in [3.8, 4) is 0 Å². The van der Waals surface area contributed by atoms with E-state index in [1.165, 1.54) is 18.2 Å². The summed E-state index contributed by atoms with van der Waals surface area (Å²) in [6, 6.07) is 7.88. The molecule has 1 aliphatic rings. The van der Waals surface area contributed by atoms with Crippen LogP contribution < -0.4 is 0 Å². The Hall–Kier alpha value is -2.51. The summed E-state index contributed by atoms with van der Waals surface area (Å²) in [7, 11) is 0. The number of hydrogen-bond donors (Lipinski definition) is 0. The smallest absolute Gasteiger partial charge is 0.270 e. The number of rotatable bonds is 4. The lowest BCUT2D eigenvalue weighted by Gasteiger charge is -2.34. The second-order valence-electron chi connectivity index (χ2n) is 5.85. The molecule has 2 heterocycles. The second kappa shape index (κ2) is 7.58. The van der Waals surface area contributed by atoms with Crippen LogP contribution in [0.15, 0.2) is 42.7 Å². The molecule has 8 heteroatoms. The number of carbonyl (C=O) groups is 1. The Bertz CT molecular complexity index is 777. The van der Waals surface area contributed by atoms with Gasteiger partial charge >= 0.3 is 0 Å². The van der Waals surface area contributed by atoms with Crippen molar-refractivity contribution in [3.63, 3.8) is 0 Å². The number of pyridine rings is 1. The summed E-state index contributed by atoms with van der Waals surface area (Å²) < 4.78 is 0. The van der Waals surface area contributed by atoms with Crippen LogP contribution in [0.1, 0.15) is 15.9 Å². The molecular weight excluding hydrogens is 344 g/mol. The third kappa shape index (κ3) is 4.12. The predicted molar refractivity (Wildman–Crippen MR) is 93.5 cm³/mol. The van der Waals surface area contributed by atoms with Gasteiger partial charge in [-0.25, -0.2) is 0 Å². The van der Waals surface area contributed by atoms with E-state index in [1.807, 2.05) is 18.3 Å². The molecule has 0 aliphatic carbocycles. The van der Waals surface area contributed by atoms with Crippen molar-refractivity contribution >= 4 is 23.2 Å². The van der Waals surface area contributed by atoms with Gasteiger partial charge in [0.05, 0.1) is 15.5 Å². The minimum atomic E-state index is -0.530. The SMILES string of the molecule is O=C(c1ccc([N+](=O)[O-])cc1Cl)N1CCN(Cc2cccnc2)CC1. The van der Waals surface area contributed by atoms with Gasteiger partial charge in [-0.1, -0.05) is 17.7 Å². The minimum absolute atomic E-state index is 0.108. The first-order valence-electron chi connectivity index (χ1n) is 7.89. The molecular formula is C17H17ClN4O3. The molecule has 0 saturated carbocycles. The Morgan fingerprint density at radius 2 is 2.00 bits per heavy atom. The number of amides is 1. The van der Waals surface area contributed by atoms with Gasteiger partial charge in [0, 0.05) is 57.3 Å². The number of carbonyl (C=O) groups excluding carboxylic acids is 1. The van der Waals surface area contributed by atoms with Crippen LogP contribution in [0.4, 0.5) is 5.69 Å². The minimum Gasteiger partial charge on any atom is -0.336 e. The van der Waals surface area contributed by atoms with E-state index >= 15 is 0 Å². The number of benzene rings is 1. The summed E-state index contributed by atoms with van der Waals surface area (Å²) in [5, 5.41) is 10.9. The molecule has 0 spiro atoms. The van der Waals surface area contributed by atoms with E-state index in [9.17, 15) is 14.9 Å². The van der Waals surface area contributed by atoms with E-state index in [2.05, 4.69) is 9.88 Å². The molecule has 1 aliphatic heterocycles. The number of nitro groups is 1. The lowest BCUT2D eigenvalue weighted by molar-refractivity contribution is -0.384. The lowest BCUT2D eigenvalue weighted by Crippen LogP contribution is -2.48. The van der Waals surface area contributed by atoms with Gasteiger partial charge in [-0.05, 0) is 17.7 Å². The molecule has 130 valence electrons. The van der Waals surface area contributed by atoms with E-state index in [4.69, 9.17) is 11.6 Å². The molecule has 0 N–H and O–H groups in total. The van der Waals surface area contributed by atoms with Gasteiger partial charge in [0.15, 0.2) is 0 Å². The molecule has 0 radical (unpaired) electrons. The van der Waals surface area contributed by atoms with Gasteiger partial charge in [0.1, 0.15) is 0 Å². The summed E-state index contributed by atoms with van der Waals surface area (Å²) >= 11 is 6.05. The summed E-state index contributed by atoms with van der Waals surface area (Å²) in [4.78, 5) is 30.9. The quantitative estimate of drug-likeness (QED) is 0.618. The van der Waals surface area contributed by atoms with Crippen LogP contribution in [-0.2, 0) is 6.54 Å². The van der Waals surface area contributed by atoms with Crippen molar-refractivity contribution in [1.82, 2.24) is 14.8 Å². The van der Waals surface area contributed by atoms with E-state index in [0.717, 1.165) is 25.2 Å². The zero-order chi connectivity index (χ0) is 17.8. The normalized spacial score (nSPS) is 15.2. The molecule has 1 fully saturated rings. The Balaban J connectivity index is 1.61. The molecule has 0 bridgehead atoms. The van der Waals surface area contributed by atoms with Gasteiger partial charge in [0.2, 0.25) is 0 Å². The zero-order valence-corrected chi connectivity index (χ0v) is 14.2. The standard InChI is InChI=1S/C17H17ClN4O3/c18-16-10-14(22(24)25)3-4-15(16)17(23)21-8-6-20(7-9-21)12-13-2-1-5-19-11-13/h1-5,10-11H,6-9,12H2. The maximum atomic E-state index is 12.6. The van der Waals surface area contributed by atoms with Crippen LogP contribution in [-0.4, -0.2) is 51.8 Å². The average Bonchev–Trinajstić information content (AvgIpc) is 2.62. The number of aromatic nitrogens is 1. The van der Waals surface area contributed by atoms with Crippen molar-refractivity contribution in [2.75, 3.05) is 26.2 Å². The van der Waals surface area contributed by atoms with Crippen LogP contribution in [0.3, 0.4) is 0 Å². The number of non-ortho nitro benzene ring substituents is 1. The topological polar surface area (TPSA) is 79.6 Å². The summed E-state index contributed by atoms with van der Waals surface area (Å²) in [5.41, 5.74) is 1.32. The third-order valence-corrected chi connectivity index (χ3v) is 4.50. The van der Waals surface area contributed by atoms with Crippen LogP contribution in [0.5, 0.6) is 0 Å². The van der Waals surface area contributed by atoms with Crippen molar-refractivity contribution in [2.24, 2.45) is 0 Å². The largest absolute Gasteiger partial charge is 0.336 e. The second-order valence-corrected chi connectivity index (χ2v) is 6.26. The van der Waals surface area contributed by atoms with E-state index in [1.54, 1.807) is 11.1 Å². The Labute approximate surface area is 150 Å². The first-order chi connectivity index (χ1) is 12.0. The monoisotopic (exact) mass is 360 g/mol. The summed E-state index contributed by atoms with van der Waals surface area (Å²) in [5.74, 6) is -0.194. The number of hydrogen-bond acceptors (Lipinski definition) is 5. The van der Waals surface area contributed by atoms with Gasteiger partial charge < -0.3 is 4.90 Å². The lowest BCUT2D eigenvalue weighted by atomic mass is 10.1. The number of piperazine rings is 1. The van der Waals surface area contributed by atoms with Crippen molar-refractivity contribution in [1.29, 1.82) is 0 Å². The zero-order valence-electron chi connectivity index (χ0n) is 13.5. The molecule has 7 nitrogen and oxygen atoms in total. The van der Waals surface area contributed by atoms with E-state index in [-0.39, 0.29) is 16.6 Å². The van der Waals surface area contributed by atoms with Crippen LogP contribution >= 0.6 is 11.6 Å². The average molecular weight is 361 g/mol. The third-order valence-electron chi connectivity index (χ3n) is 4.18. The highest BCUT2D eigenvalue weighted by atomic mass is 35.5. The molecule has 3 rings (SSSR count). The van der Waals surface area contributed by atoms with E-state index < -0.39 is 4.92 Å². The highest BCUT2D eigenvalue weighted by Crippen LogP contribution is 2.24. The Morgan fingerprint density at radius 3 is 2.60 bits per heavy atom. The van der Waals surface area contributed by atoms with Crippen molar-refractivity contribution < 1.29 is 9.72 Å². The number of nitro benzene ring substituents is 1. The van der Waals surface area contributed by atoms with Gasteiger partial charge in [-0.3, -0.25) is 24.8 Å². The van der Waals surface area contributed by atoms with E-state index in [0.29, 0.717) is 18.7 Å². The fourth-order valence-electron chi connectivity index (χ4n) is 2.82. The van der Waals surface area contributed by atoms with Gasteiger partial charge in [-0.2, -0.15) is 0 Å².